The van der Waals surface area contributed by atoms with Crippen molar-refractivity contribution in [3.8, 4) is 17.6 Å². The van der Waals surface area contributed by atoms with E-state index in [4.69, 9.17) is 15.2 Å². The summed E-state index contributed by atoms with van der Waals surface area (Å²) in [5.74, 6) is 1.43. The average Bonchev–Trinajstić information content (AvgIpc) is 2.70. The van der Waals surface area contributed by atoms with E-state index in [0.717, 1.165) is 47.5 Å². The molecule has 5 heteroatoms. The molecule has 2 rings (SSSR count). The molecule has 27 heavy (non-hydrogen) atoms. The highest BCUT2D eigenvalue weighted by molar-refractivity contribution is 7.99. The number of ether oxygens (including phenoxy) is 2. The molecule has 2 N–H and O–H groups in total. The monoisotopic (exact) mass is 384 g/mol. The van der Waals surface area contributed by atoms with Gasteiger partial charge in [0.1, 0.15) is 5.25 Å². The van der Waals surface area contributed by atoms with Crippen LogP contribution in [-0.2, 0) is 6.42 Å². The van der Waals surface area contributed by atoms with Crippen molar-refractivity contribution in [1.29, 1.82) is 5.26 Å². The molecule has 0 saturated carbocycles. The second kappa shape index (κ2) is 10.9. The summed E-state index contributed by atoms with van der Waals surface area (Å²) < 4.78 is 11.1. The molecule has 2 aromatic carbocycles. The smallest absolute Gasteiger partial charge is 0.164 e. The number of nitrogens with two attached hydrogens (primary N) is 1. The predicted octanol–water partition coefficient (Wildman–Crippen LogP) is 5.04. The van der Waals surface area contributed by atoms with Crippen molar-refractivity contribution in [3.05, 3.63) is 53.1 Å². The molecule has 0 amide bonds. The van der Waals surface area contributed by atoms with Gasteiger partial charge in [0.25, 0.3) is 0 Å². The summed E-state index contributed by atoms with van der Waals surface area (Å²) in [4.78, 5) is 1.08. The Balaban J connectivity index is 2.36. The number of hydrogen-bond donors (Lipinski definition) is 1. The molecule has 4 nitrogen and oxygen atoms in total. The Labute approximate surface area is 166 Å². The lowest BCUT2D eigenvalue weighted by atomic mass is 9.97. The molecule has 1 atom stereocenters. The minimum atomic E-state index is -0.308. The van der Waals surface area contributed by atoms with Crippen molar-refractivity contribution in [2.45, 2.75) is 42.8 Å². The number of thioether (sulfide) groups is 1. The molecule has 0 fully saturated rings. The van der Waals surface area contributed by atoms with E-state index in [1.807, 2.05) is 12.1 Å². The number of methoxy groups -OCH3 is 2. The van der Waals surface area contributed by atoms with Gasteiger partial charge in [-0.05, 0) is 56.5 Å². The lowest BCUT2D eigenvalue weighted by Crippen LogP contribution is -2.04. The molecule has 0 radical (unpaired) electrons. The molecule has 2 aromatic rings. The second-order valence-electron chi connectivity index (χ2n) is 6.41. The Bertz CT molecular complexity index is 769. The lowest BCUT2D eigenvalue weighted by molar-refractivity contribution is 0.350. The normalized spacial score (nSPS) is 11.7. The van der Waals surface area contributed by atoms with Gasteiger partial charge in [0.05, 0.1) is 20.3 Å². The van der Waals surface area contributed by atoms with Crippen LogP contribution in [-0.4, -0.2) is 20.8 Å². The number of nitrogens with zero attached hydrogens (tertiary/aromatic N) is 1. The fourth-order valence-corrected chi connectivity index (χ4v) is 4.01. The van der Waals surface area contributed by atoms with Crippen LogP contribution in [0.4, 0.5) is 0 Å². The van der Waals surface area contributed by atoms with E-state index >= 15 is 0 Å². The fraction of sp³-hybridized carbons (Fsp3) is 0.409. The Morgan fingerprint density at radius 1 is 1.04 bits per heavy atom. The number of aryl methyl sites for hydroxylation is 1. The van der Waals surface area contributed by atoms with Crippen LogP contribution in [0, 0.1) is 18.3 Å². The van der Waals surface area contributed by atoms with Crippen molar-refractivity contribution in [3.63, 3.8) is 0 Å². The molecular formula is C22H28N2O2S. The summed E-state index contributed by atoms with van der Waals surface area (Å²) in [7, 11) is 3.29. The van der Waals surface area contributed by atoms with Gasteiger partial charge in [0.2, 0.25) is 0 Å². The maximum Gasteiger partial charge on any atom is 0.164 e. The van der Waals surface area contributed by atoms with Gasteiger partial charge >= 0.3 is 0 Å². The standard InChI is InChI=1S/C22H28N2O2S/c1-16-8-10-17(11-9-16)27-21(15-24)18-12-13-20(25-2)22(26-3)19(18)7-5-4-6-14-23/h8-13,21H,4-7,14,23H2,1-3H3. The minimum Gasteiger partial charge on any atom is -0.493 e. The highest BCUT2D eigenvalue weighted by Crippen LogP contribution is 2.42. The molecule has 1 unspecified atom stereocenters. The van der Waals surface area contributed by atoms with Crippen LogP contribution in [0.25, 0.3) is 0 Å². The van der Waals surface area contributed by atoms with Gasteiger partial charge in [0.15, 0.2) is 11.5 Å². The van der Waals surface area contributed by atoms with Gasteiger partial charge < -0.3 is 15.2 Å². The Morgan fingerprint density at radius 2 is 1.78 bits per heavy atom. The van der Waals surface area contributed by atoms with Crippen molar-refractivity contribution in [2.75, 3.05) is 20.8 Å². The van der Waals surface area contributed by atoms with E-state index in [0.29, 0.717) is 12.3 Å². The van der Waals surface area contributed by atoms with Gasteiger partial charge in [-0.25, -0.2) is 0 Å². The van der Waals surface area contributed by atoms with Crippen molar-refractivity contribution >= 4 is 11.8 Å². The molecule has 144 valence electrons. The van der Waals surface area contributed by atoms with E-state index in [2.05, 4.69) is 37.3 Å². The number of hydrogen-bond acceptors (Lipinski definition) is 5. The molecule has 0 aliphatic rings. The topological polar surface area (TPSA) is 68.3 Å². The van der Waals surface area contributed by atoms with Crippen molar-refractivity contribution in [2.24, 2.45) is 5.73 Å². The third-order valence-electron chi connectivity index (χ3n) is 4.49. The zero-order valence-electron chi connectivity index (χ0n) is 16.3. The first-order valence-electron chi connectivity index (χ1n) is 9.21. The third kappa shape index (κ3) is 5.66. The average molecular weight is 385 g/mol. The molecule has 0 saturated heterocycles. The van der Waals surface area contributed by atoms with Crippen LogP contribution in [0.1, 0.15) is 41.2 Å². The van der Waals surface area contributed by atoms with Gasteiger partial charge in [-0.3, -0.25) is 0 Å². The van der Waals surface area contributed by atoms with E-state index in [1.165, 1.54) is 5.56 Å². The maximum atomic E-state index is 9.86. The summed E-state index contributed by atoms with van der Waals surface area (Å²) in [6.07, 6.45) is 3.89. The highest BCUT2D eigenvalue weighted by atomic mass is 32.2. The maximum absolute atomic E-state index is 9.86. The summed E-state index contributed by atoms with van der Waals surface area (Å²) in [6.45, 7) is 2.76. The number of rotatable bonds is 10. The van der Waals surface area contributed by atoms with E-state index in [9.17, 15) is 5.26 Å². The van der Waals surface area contributed by atoms with Gasteiger partial charge in [-0.15, -0.1) is 11.8 Å². The molecule has 0 aromatic heterocycles. The first-order valence-corrected chi connectivity index (χ1v) is 10.1. The SMILES string of the molecule is COc1ccc(C(C#N)Sc2ccc(C)cc2)c(CCCCCN)c1OC. The van der Waals surface area contributed by atoms with Crippen LogP contribution in [0.15, 0.2) is 41.3 Å². The first kappa shape index (κ1) is 21.1. The Morgan fingerprint density at radius 3 is 2.37 bits per heavy atom. The summed E-state index contributed by atoms with van der Waals surface area (Å²) in [5, 5.41) is 9.55. The van der Waals surface area contributed by atoms with Crippen molar-refractivity contribution < 1.29 is 9.47 Å². The van der Waals surface area contributed by atoms with Gasteiger partial charge in [-0.1, -0.05) is 30.2 Å². The Hall–Kier alpha value is -2.16. The van der Waals surface area contributed by atoms with Crippen LogP contribution in [0.2, 0.25) is 0 Å². The van der Waals surface area contributed by atoms with Crippen LogP contribution >= 0.6 is 11.8 Å². The molecular weight excluding hydrogens is 356 g/mol. The Kier molecular flexibility index (Phi) is 8.50. The molecule has 0 spiro atoms. The third-order valence-corrected chi connectivity index (χ3v) is 5.63. The zero-order valence-corrected chi connectivity index (χ0v) is 17.1. The fourth-order valence-electron chi connectivity index (χ4n) is 3.04. The molecule has 0 bridgehead atoms. The minimum absolute atomic E-state index is 0.308. The number of unbranched alkanes of at least 4 members (excludes halogenated alkanes) is 2. The number of nitriles is 1. The summed E-state index contributed by atoms with van der Waals surface area (Å²) in [6, 6.07) is 14.6. The number of benzene rings is 2. The molecule has 0 aliphatic carbocycles. The summed E-state index contributed by atoms with van der Waals surface area (Å²) in [5.41, 5.74) is 8.87. The van der Waals surface area contributed by atoms with Crippen LogP contribution in [0.3, 0.4) is 0 Å². The van der Waals surface area contributed by atoms with E-state index in [1.54, 1.807) is 26.0 Å². The molecule has 0 aliphatic heterocycles. The predicted molar refractivity (Wildman–Crippen MR) is 112 cm³/mol. The van der Waals surface area contributed by atoms with Crippen LogP contribution in [0.5, 0.6) is 11.5 Å². The van der Waals surface area contributed by atoms with Gasteiger partial charge in [-0.2, -0.15) is 5.26 Å². The van der Waals surface area contributed by atoms with Crippen LogP contribution < -0.4 is 15.2 Å². The first-order chi connectivity index (χ1) is 13.1. The highest BCUT2D eigenvalue weighted by Gasteiger charge is 2.22. The quantitative estimate of drug-likeness (QED) is 0.459. The zero-order chi connectivity index (χ0) is 19.6. The molecule has 0 heterocycles. The summed E-state index contributed by atoms with van der Waals surface area (Å²) >= 11 is 1.56. The largest absolute Gasteiger partial charge is 0.493 e. The van der Waals surface area contributed by atoms with Gasteiger partial charge in [0, 0.05) is 10.5 Å². The van der Waals surface area contributed by atoms with Crippen molar-refractivity contribution in [1.82, 2.24) is 0 Å². The second-order valence-corrected chi connectivity index (χ2v) is 7.59. The lowest BCUT2D eigenvalue weighted by Gasteiger charge is -2.20. The van der Waals surface area contributed by atoms with E-state index < -0.39 is 0 Å². The van der Waals surface area contributed by atoms with E-state index in [-0.39, 0.29) is 5.25 Å².